The Hall–Kier alpha value is -3.09. The van der Waals surface area contributed by atoms with Crippen LogP contribution in [0.15, 0.2) is 127 Å². The van der Waals surface area contributed by atoms with Crippen LogP contribution in [0.5, 0.6) is 0 Å². The van der Waals surface area contributed by atoms with Crippen molar-refractivity contribution < 1.29 is 4.74 Å². The van der Waals surface area contributed by atoms with E-state index in [0.29, 0.717) is 13.2 Å². The van der Waals surface area contributed by atoms with Crippen molar-refractivity contribution >= 4 is 15.9 Å². The van der Waals surface area contributed by atoms with E-state index in [1.807, 2.05) is 36.5 Å². The van der Waals surface area contributed by atoms with Crippen LogP contribution in [0.4, 0.5) is 0 Å². The molecule has 0 bridgehead atoms. The van der Waals surface area contributed by atoms with Gasteiger partial charge in [-0.15, -0.1) is 6.58 Å². The molecule has 1 fully saturated rings. The highest BCUT2D eigenvalue weighted by molar-refractivity contribution is 9.10. The Morgan fingerprint density at radius 2 is 1.38 bits per heavy atom. The van der Waals surface area contributed by atoms with Gasteiger partial charge in [-0.3, -0.25) is 4.90 Å². The first kappa shape index (κ1) is 25.6. The molecule has 0 amide bonds. The van der Waals surface area contributed by atoms with Crippen molar-refractivity contribution in [1.29, 1.82) is 0 Å². The lowest BCUT2D eigenvalue weighted by Crippen LogP contribution is -2.66. The van der Waals surface area contributed by atoms with E-state index in [1.54, 1.807) is 0 Å². The third-order valence-electron chi connectivity index (χ3n) is 7.41. The fourth-order valence-corrected chi connectivity index (χ4v) is 5.96. The van der Waals surface area contributed by atoms with Crippen molar-refractivity contribution in [3.05, 3.63) is 149 Å². The second-order valence-corrected chi connectivity index (χ2v) is 10.2. The normalized spacial score (nSPS) is 19.8. The topological polar surface area (TPSA) is 51.4 Å². The molecule has 0 radical (unpaired) electrons. The van der Waals surface area contributed by atoms with E-state index in [-0.39, 0.29) is 18.0 Å². The van der Waals surface area contributed by atoms with Crippen molar-refractivity contribution in [3.63, 3.8) is 0 Å². The zero-order valence-corrected chi connectivity index (χ0v) is 22.4. The molecule has 5 rings (SSSR count). The van der Waals surface area contributed by atoms with E-state index in [4.69, 9.17) is 10.5 Å². The summed E-state index contributed by atoms with van der Waals surface area (Å²) in [7, 11) is 0. The van der Waals surface area contributed by atoms with E-state index in [2.05, 4.69) is 111 Å². The van der Waals surface area contributed by atoms with Crippen molar-refractivity contribution in [2.24, 2.45) is 5.73 Å². The van der Waals surface area contributed by atoms with Crippen LogP contribution in [0.1, 0.15) is 28.2 Å². The highest BCUT2D eigenvalue weighted by atomic mass is 79.9. The molecule has 3 aromatic carbocycles. The molecular formula is C32H32BrN3O. The Balaban J connectivity index is 1.58. The number of rotatable bonds is 10. The Morgan fingerprint density at radius 3 is 1.81 bits per heavy atom. The van der Waals surface area contributed by atoms with Crippen LogP contribution in [-0.2, 0) is 10.3 Å². The fraction of sp³-hybridized carbons (Fsp3) is 0.219. The summed E-state index contributed by atoms with van der Waals surface area (Å²) < 4.78 is 8.02. The van der Waals surface area contributed by atoms with Crippen LogP contribution >= 0.6 is 15.9 Å². The van der Waals surface area contributed by atoms with Crippen molar-refractivity contribution in [2.45, 2.75) is 23.6 Å². The minimum absolute atomic E-state index is 0.130. The molecule has 0 aliphatic carbocycles. The van der Waals surface area contributed by atoms with Gasteiger partial charge in [-0.2, -0.15) is 0 Å². The fourth-order valence-electron chi connectivity index (χ4n) is 5.72. The SMILES string of the molecule is C=CCN1[C@H](COC(c2ccccc2)(c2ccccc2)c2ccccc2)[C@H](c2ccc(Br)nc2)[C@@H]1CN. The lowest BCUT2D eigenvalue weighted by molar-refractivity contribution is -0.0863. The molecule has 5 heteroatoms. The number of pyridine rings is 1. The zero-order valence-electron chi connectivity index (χ0n) is 20.8. The first-order chi connectivity index (χ1) is 18.2. The largest absolute Gasteiger partial charge is 0.359 e. The molecule has 0 unspecified atom stereocenters. The summed E-state index contributed by atoms with van der Waals surface area (Å²) in [5.41, 5.74) is 9.99. The zero-order chi connectivity index (χ0) is 25.7. The number of hydrogen-bond acceptors (Lipinski definition) is 4. The number of nitrogens with two attached hydrogens (primary N) is 1. The van der Waals surface area contributed by atoms with Gasteiger partial charge in [0.15, 0.2) is 0 Å². The van der Waals surface area contributed by atoms with Gasteiger partial charge in [-0.25, -0.2) is 4.98 Å². The Bertz CT molecular complexity index is 1190. The third-order valence-corrected chi connectivity index (χ3v) is 7.88. The van der Waals surface area contributed by atoms with Crippen LogP contribution in [0.2, 0.25) is 0 Å². The molecule has 4 nitrogen and oxygen atoms in total. The van der Waals surface area contributed by atoms with E-state index < -0.39 is 5.60 Å². The van der Waals surface area contributed by atoms with Crippen LogP contribution in [0.3, 0.4) is 0 Å². The number of nitrogens with zero attached hydrogens (tertiary/aromatic N) is 2. The summed E-state index contributed by atoms with van der Waals surface area (Å²) in [6.07, 6.45) is 3.90. The highest BCUT2D eigenvalue weighted by Crippen LogP contribution is 2.45. The average Bonchev–Trinajstić information content (AvgIpc) is 2.95. The molecule has 0 saturated carbocycles. The monoisotopic (exact) mass is 553 g/mol. The third kappa shape index (κ3) is 4.92. The number of aromatic nitrogens is 1. The Morgan fingerprint density at radius 1 is 0.838 bits per heavy atom. The number of ether oxygens (including phenoxy) is 1. The summed E-state index contributed by atoms with van der Waals surface area (Å²) >= 11 is 3.47. The molecule has 1 aliphatic rings. The number of likely N-dealkylation sites (tertiary alicyclic amines) is 1. The van der Waals surface area contributed by atoms with E-state index >= 15 is 0 Å². The van der Waals surface area contributed by atoms with Gasteiger partial charge in [-0.1, -0.05) is 103 Å². The van der Waals surface area contributed by atoms with Crippen molar-refractivity contribution in [3.8, 4) is 0 Å². The molecule has 2 heterocycles. The molecule has 2 N–H and O–H groups in total. The first-order valence-electron chi connectivity index (χ1n) is 12.7. The highest BCUT2D eigenvalue weighted by Gasteiger charge is 2.49. The molecule has 1 aromatic heterocycles. The number of halogens is 1. The molecule has 3 atom stereocenters. The van der Waals surface area contributed by atoms with E-state index in [1.165, 1.54) is 5.56 Å². The minimum Gasteiger partial charge on any atom is -0.359 e. The van der Waals surface area contributed by atoms with Crippen molar-refractivity contribution in [1.82, 2.24) is 9.88 Å². The first-order valence-corrected chi connectivity index (χ1v) is 13.5. The molecule has 37 heavy (non-hydrogen) atoms. The average molecular weight is 555 g/mol. The maximum Gasteiger partial charge on any atom is 0.143 e. The molecule has 1 saturated heterocycles. The molecule has 188 valence electrons. The van der Waals surface area contributed by atoms with Crippen LogP contribution in [0.25, 0.3) is 0 Å². The summed E-state index contributed by atoms with van der Waals surface area (Å²) in [5.74, 6) is 0.213. The van der Waals surface area contributed by atoms with Gasteiger partial charge >= 0.3 is 0 Å². The van der Waals surface area contributed by atoms with Gasteiger partial charge in [0.25, 0.3) is 0 Å². The lowest BCUT2D eigenvalue weighted by Gasteiger charge is -2.55. The summed E-state index contributed by atoms with van der Waals surface area (Å²) in [6.45, 7) is 5.84. The second-order valence-electron chi connectivity index (χ2n) is 9.39. The maximum atomic E-state index is 7.19. The predicted octanol–water partition coefficient (Wildman–Crippen LogP) is 6.13. The number of benzene rings is 3. The van der Waals surface area contributed by atoms with Crippen molar-refractivity contribution in [2.75, 3.05) is 19.7 Å². The Labute approximate surface area is 227 Å². The van der Waals surface area contributed by atoms with Crippen LogP contribution in [0, 0.1) is 0 Å². The van der Waals surface area contributed by atoms with Gasteiger partial charge in [0.05, 0.1) is 6.61 Å². The quantitative estimate of drug-likeness (QED) is 0.146. The van der Waals surface area contributed by atoms with Gasteiger partial charge in [0.1, 0.15) is 10.2 Å². The standard InChI is InChI=1S/C32H32BrN3O/c1-2-20-36-28(21-34)31(24-18-19-30(33)35-22-24)29(36)23-37-32(25-12-6-3-7-13-25,26-14-8-4-9-15-26)27-16-10-5-11-17-27/h2-19,22,28-29,31H,1,20-21,23,34H2/t28-,29+,31+/m0/s1. The minimum atomic E-state index is -0.764. The predicted molar refractivity (Wildman–Crippen MR) is 153 cm³/mol. The molecule has 1 aliphatic heterocycles. The Kier molecular flexibility index (Phi) is 7.96. The van der Waals surface area contributed by atoms with Crippen LogP contribution < -0.4 is 5.73 Å². The van der Waals surface area contributed by atoms with Gasteiger partial charge in [0, 0.05) is 37.3 Å². The van der Waals surface area contributed by atoms with E-state index in [0.717, 1.165) is 27.8 Å². The molecular weight excluding hydrogens is 522 g/mol. The second kappa shape index (κ2) is 11.5. The summed E-state index contributed by atoms with van der Waals surface area (Å²) in [4.78, 5) is 6.91. The van der Waals surface area contributed by atoms with Gasteiger partial charge in [-0.05, 0) is 44.3 Å². The van der Waals surface area contributed by atoms with E-state index in [9.17, 15) is 0 Å². The summed E-state index contributed by atoms with van der Waals surface area (Å²) in [5, 5.41) is 0. The lowest BCUT2D eigenvalue weighted by atomic mass is 9.75. The molecule has 0 spiro atoms. The van der Waals surface area contributed by atoms with Gasteiger partial charge in [0.2, 0.25) is 0 Å². The van der Waals surface area contributed by atoms with Gasteiger partial charge < -0.3 is 10.5 Å². The molecule has 4 aromatic rings. The number of hydrogen-bond donors (Lipinski definition) is 1. The summed E-state index contributed by atoms with van der Waals surface area (Å²) in [6, 6.07) is 36.0. The van der Waals surface area contributed by atoms with Crippen LogP contribution in [-0.4, -0.2) is 41.7 Å². The maximum absolute atomic E-state index is 7.19. The smallest absolute Gasteiger partial charge is 0.143 e.